The van der Waals surface area contributed by atoms with Gasteiger partial charge in [0.2, 0.25) is 5.95 Å². The maximum atomic E-state index is 6.11. The molecule has 4 nitrogen and oxygen atoms in total. The van der Waals surface area contributed by atoms with Crippen molar-refractivity contribution in [3.8, 4) is 5.75 Å². The van der Waals surface area contributed by atoms with E-state index in [2.05, 4.69) is 14.9 Å². The Morgan fingerprint density at radius 3 is 2.81 bits per heavy atom. The summed E-state index contributed by atoms with van der Waals surface area (Å²) < 4.78 is 5.86. The number of ether oxygens (including phenoxy) is 1. The molecule has 0 radical (unpaired) electrons. The minimum atomic E-state index is 0.471. The molecule has 21 heavy (non-hydrogen) atoms. The summed E-state index contributed by atoms with van der Waals surface area (Å²) in [7, 11) is 0. The van der Waals surface area contributed by atoms with Gasteiger partial charge in [-0.1, -0.05) is 23.7 Å². The number of rotatable bonds is 4. The van der Waals surface area contributed by atoms with Crippen LogP contribution in [0.5, 0.6) is 5.75 Å². The standard InChI is InChI=1S/C16H18ClN3O/c17-14-6-1-2-7-15(14)21-12-13-5-3-10-20(11-13)16-18-8-4-9-19-16/h1-2,4,6-9,13H,3,5,10-12H2. The molecule has 2 heterocycles. The Morgan fingerprint density at radius 2 is 2.00 bits per heavy atom. The third-order valence-corrected chi connectivity index (χ3v) is 3.98. The highest BCUT2D eigenvalue weighted by atomic mass is 35.5. The van der Waals surface area contributed by atoms with Crippen molar-refractivity contribution in [3.63, 3.8) is 0 Å². The molecule has 0 amide bonds. The third-order valence-electron chi connectivity index (χ3n) is 3.67. The molecule has 2 aromatic rings. The van der Waals surface area contributed by atoms with Crippen LogP contribution >= 0.6 is 11.6 Å². The van der Waals surface area contributed by atoms with E-state index >= 15 is 0 Å². The Labute approximate surface area is 129 Å². The lowest BCUT2D eigenvalue weighted by molar-refractivity contribution is 0.228. The summed E-state index contributed by atoms with van der Waals surface area (Å²) >= 11 is 6.11. The molecule has 1 saturated heterocycles. The zero-order chi connectivity index (χ0) is 14.5. The van der Waals surface area contributed by atoms with Crippen molar-refractivity contribution in [1.82, 2.24) is 9.97 Å². The Hall–Kier alpha value is -1.81. The molecule has 1 aliphatic heterocycles. The molecule has 1 unspecified atom stereocenters. The number of nitrogens with zero attached hydrogens (tertiary/aromatic N) is 3. The van der Waals surface area contributed by atoms with E-state index in [-0.39, 0.29) is 0 Å². The largest absolute Gasteiger partial charge is 0.492 e. The van der Waals surface area contributed by atoms with E-state index < -0.39 is 0 Å². The van der Waals surface area contributed by atoms with Gasteiger partial charge < -0.3 is 9.64 Å². The zero-order valence-corrected chi connectivity index (χ0v) is 12.5. The van der Waals surface area contributed by atoms with E-state index in [1.54, 1.807) is 12.4 Å². The van der Waals surface area contributed by atoms with Gasteiger partial charge in [-0.3, -0.25) is 0 Å². The number of halogens is 1. The molecule has 0 bridgehead atoms. The predicted octanol–water partition coefficient (Wildman–Crippen LogP) is 3.43. The average molecular weight is 304 g/mol. The van der Waals surface area contributed by atoms with Gasteiger partial charge in [0.25, 0.3) is 0 Å². The smallest absolute Gasteiger partial charge is 0.225 e. The number of anilines is 1. The van der Waals surface area contributed by atoms with Crippen LogP contribution in [0.25, 0.3) is 0 Å². The Kier molecular flexibility index (Phi) is 4.55. The van der Waals surface area contributed by atoms with Gasteiger partial charge in [0, 0.05) is 31.4 Å². The number of aromatic nitrogens is 2. The van der Waals surface area contributed by atoms with Gasteiger partial charge in [0.05, 0.1) is 11.6 Å². The lowest BCUT2D eigenvalue weighted by Crippen LogP contribution is -2.38. The van der Waals surface area contributed by atoms with Crippen LogP contribution in [0, 0.1) is 5.92 Å². The van der Waals surface area contributed by atoms with E-state index in [0.717, 1.165) is 37.6 Å². The number of hydrogen-bond donors (Lipinski definition) is 0. The van der Waals surface area contributed by atoms with Crippen molar-refractivity contribution in [2.75, 3.05) is 24.6 Å². The number of piperidine rings is 1. The number of benzene rings is 1. The van der Waals surface area contributed by atoms with Crippen LogP contribution in [0.15, 0.2) is 42.7 Å². The summed E-state index contributed by atoms with van der Waals surface area (Å²) in [5.74, 6) is 2.03. The molecule has 0 spiro atoms. The highest BCUT2D eigenvalue weighted by Crippen LogP contribution is 2.25. The molecule has 0 saturated carbocycles. The molecule has 0 aliphatic carbocycles. The quantitative estimate of drug-likeness (QED) is 0.867. The van der Waals surface area contributed by atoms with Crippen LogP contribution in [0.4, 0.5) is 5.95 Å². The van der Waals surface area contributed by atoms with Crippen molar-refractivity contribution in [2.24, 2.45) is 5.92 Å². The van der Waals surface area contributed by atoms with Crippen molar-refractivity contribution in [2.45, 2.75) is 12.8 Å². The lowest BCUT2D eigenvalue weighted by atomic mass is 9.99. The fourth-order valence-corrected chi connectivity index (χ4v) is 2.80. The molecule has 0 N–H and O–H groups in total. The molecular weight excluding hydrogens is 286 g/mol. The summed E-state index contributed by atoms with van der Waals surface area (Å²) in [5.41, 5.74) is 0. The fourth-order valence-electron chi connectivity index (χ4n) is 2.61. The second kappa shape index (κ2) is 6.76. The van der Waals surface area contributed by atoms with Crippen LogP contribution in [0.3, 0.4) is 0 Å². The first-order chi connectivity index (χ1) is 10.3. The van der Waals surface area contributed by atoms with Gasteiger partial charge in [-0.15, -0.1) is 0 Å². The van der Waals surface area contributed by atoms with Crippen molar-refractivity contribution >= 4 is 17.5 Å². The Balaban J connectivity index is 1.58. The normalized spacial score (nSPS) is 18.5. The van der Waals surface area contributed by atoms with Crippen LogP contribution in [-0.2, 0) is 0 Å². The fraction of sp³-hybridized carbons (Fsp3) is 0.375. The maximum Gasteiger partial charge on any atom is 0.225 e. The van der Waals surface area contributed by atoms with Crippen LogP contribution in [-0.4, -0.2) is 29.7 Å². The number of hydrogen-bond acceptors (Lipinski definition) is 4. The topological polar surface area (TPSA) is 38.2 Å². The van der Waals surface area contributed by atoms with Crippen molar-refractivity contribution < 1.29 is 4.74 Å². The second-order valence-corrected chi connectivity index (χ2v) is 5.65. The lowest BCUT2D eigenvalue weighted by Gasteiger charge is -2.32. The minimum absolute atomic E-state index is 0.471. The van der Waals surface area contributed by atoms with Gasteiger partial charge in [-0.05, 0) is 31.0 Å². The summed E-state index contributed by atoms with van der Waals surface area (Å²) in [4.78, 5) is 10.9. The van der Waals surface area contributed by atoms with Gasteiger partial charge in [-0.25, -0.2) is 9.97 Å². The second-order valence-electron chi connectivity index (χ2n) is 5.24. The number of para-hydroxylation sites is 1. The van der Waals surface area contributed by atoms with E-state index in [4.69, 9.17) is 16.3 Å². The predicted molar refractivity (Wildman–Crippen MR) is 83.9 cm³/mol. The van der Waals surface area contributed by atoms with Gasteiger partial charge >= 0.3 is 0 Å². The molecular formula is C16H18ClN3O. The molecule has 5 heteroatoms. The van der Waals surface area contributed by atoms with Gasteiger partial charge in [0.15, 0.2) is 0 Å². The van der Waals surface area contributed by atoms with Gasteiger partial charge in [-0.2, -0.15) is 0 Å². The maximum absolute atomic E-state index is 6.11. The molecule has 110 valence electrons. The molecule has 1 aliphatic rings. The zero-order valence-electron chi connectivity index (χ0n) is 11.8. The van der Waals surface area contributed by atoms with E-state index in [1.165, 1.54) is 0 Å². The first kappa shape index (κ1) is 14.1. The van der Waals surface area contributed by atoms with Crippen molar-refractivity contribution in [1.29, 1.82) is 0 Å². The average Bonchev–Trinajstić information content (AvgIpc) is 2.55. The molecule has 1 fully saturated rings. The highest BCUT2D eigenvalue weighted by molar-refractivity contribution is 6.32. The van der Waals surface area contributed by atoms with Crippen LogP contribution < -0.4 is 9.64 Å². The van der Waals surface area contributed by atoms with E-state index in [0.29, 0.717) is 17.5 Å². The minimum Gasteiger partial charge on any atom is -0.492 e. The summed E-state index contributed by atoms with van der Waals surface area (Å²) in [5, 5.41) is 0.663. The summed E-state index contributed by atoms with van der Waals surface area (Å²) in [6.45, 7) is 2.61. The van der Waals surface area contributed by atoms with Crippen LogP contribution in [0.1, 0.15) is 12.8 Å². The first-order valence-corrected chi connectivity index (χ1v) is 7.60. The third kappa shape index (κ3) is 3.64. The first-order valence-electron chi connectivity index (χ1n) is 7.22. The summed E-state index contributed by atoms with van der Waals surface area (Å²) in [6.07, 6.45) is 5.86. The monoisotopic (exact) mass is 303 g/mol. The molecule has 1 atom stereocenters. The highest BCUT2D eigenvalue weighted by Gasteiger charge is 2.22. The Bertz CT molecular complexity index is 579. The summed E-state index contributed by atoms with van der Waals surface area (Å²) in [6, 6.07) is 9.44. The molecule has 1 aromatic carbocycles. The van der Waals surface area contributed by atoms with Crippen molar-refractivity contribution in [3.05, 3.63) is 47.7 Å². The van der Waals surface area contributed by atoms with E-state index in [1.807, 2.05) is 30.3 Å². The van der Waals surface area contributed by atoms with Gasteiger partial charge in [0.1, 0.15) is 5.75 Å². The molecule has 3 rings (SSSR count). The van der Waals surface area contributed by atoms with E-state index in [9.17, 15) is 0 Å². The molecule has 1 aromatic heterocycles. The Morgan fingerprint density at radius 1 is 1.19 bits per heavy atom. The SMILES string of the molecule is Clc1ccccc1OCC1CCCN(c2ncccn2)C1. The van der Waals surface area contributed by atoms with Crippen LogP contribution in [0.2, 0.25) is 5.02 Å².